The smallest absolute Gasteiger partial charge is 0.315 e. The van der Waals surface area contributed by atoms with E-state index in [0.717, 1.165) is 24.8 Å². The highest BCUT2D eigenvalue weighted by atomic mass is 16.4. The Morgan fingerprint density at radius 1 is 1.38 bits per heavy atom. The Morgan fingerprint density at radius 3 is 2.88 bits per heavy atom. The van der Waals surface area contributed by atoms with E-state index >= 15 is 0 Å². The first-order valence-corrected chi connectivity index (χ1v) is 6.34. The van der Waals surface area contributed by atoms with Gasteiger partial charge in [0.05, 0.1) is 0 Å². The molecule has 90 valence electrons. The van der Waals surface area contributed by atoms with Crippen molar-refractivity contribution in [3.8, 4) is 0 Å². The van der Waals surface area contributed by atoms with E-state index in [1.54, 1.807) is 0 Å². The van der Waals surface area contributed by atoms with Crippen LogP contribution < -0.4 is 5.32 Å². The van der Waals surface area contributed by atoms with Crippen molar-refractivity contribution >= 4 is 6.01 Å². The third kappa shape index (κ3) is 2.97. The van der Waals surface area contributed by atoms with Gasteiger partial charge in [0.1, 0.15) is 0 Å². The highest BCUT2D eigenvalue weighted by Crippen LogP contribution is 2.32. The average Bonchev–Trinajstić information content (AvgIpc) is 2.88. The fourth-order valence-corrected chi connectivity index (χ4v) is 2.44. The second-order valence-electron chi connectivity index (χ2n) is 4.85. The van der Waals surface area contributed by atoms with Crippen LogP contribution in [0.1, 0.15) is 45.4 Å². The van der Waals surface area contributed by atoms with Gasteiger partial charge >= 0.3 is 6.01 Å². The van der Waals surface area contributed by atoms with Crippen molar-refractivity contribution in [2.24, 2.45) is 11.8 Å². The van der Waals surface area contributed by atoms with Gasteiger partial charge < -0.3 is 9.73 Å². The molecule has 1 aliphatic carbocycles. The number of aryl methyl sites for hydroxylation is 1. The fraction of sp³-hybridized carbons (Fsp3) is 0.833. The zero-order chi connectivity index (χ0) is 11.4. The highest BCUT2D eigenvalue weighted by Gasteiger charge is 2.20. The zero-order valence-electron chi connectivity index (χ0n) is 10.2. The van der Waals surface area contributed by atoms with Gasteiger partial charge in [-0.25, -0.2) is 0 Å². The molecule has 1 aliphatic rings. The standard InChI is InChI=1S/C12H21N3O/c1-3-11-14-15-12(16-11)13-7-6-10-5-4-9(2)8-10/h9-10H,3-8H2,1-2H3,(H,13,15). The van der Waals surface area contributed by atoms with Crippen LogP contribution in [0.15, 0.2) is 4.42 Å². The highest BCUT2D eigenvalue weighted by molar-refractivity contribution is 5.16. The minimum absolute atomic E-state index is 0.572. The molecule has 0 saturated heterocycles. The van der Waals surface area contributed by atoms with Crippen molar-refractivity contribution in [2.75, 3.05) is 11.9 Å². The van der Waals surface area contributed by atoms with Gasteiger partial charge in [-0.2, -0.15) is 0 Å². The molecular weight excluding hydrogens is 202 g/mol. The molecular formula is C12H21N3O. The summed E-state index contributed by atoms with van der Waals surface area (Å²) in [4.78, 5) is 0. The number of nitrogens with zero attached hydrogens (tertiary/aromatic N) is 2. The number of nitrogens with one attached hydrogen (secondary N) is 1. The van der Waals surface area contributed by atoms with Crippen LogP contribution in [-0.2, 0) is 6.42 Å². The number of rotatable bonds is 5. The molecule has 1 N–H and O–H groups in total. The molecule has 4 nitrogen and oxygen atoms in total. The molecule has 0 spiro atoms. The van der Waals surface area contributed by atoms with Gasteiger partial charge in [0.2, 0.25) is 5.89 Å². The Kier molecular flexibility index (Phi) is 3.80. The summed E-state index contributed by atoms with van der Waals surface area (Å²) < 4.78 is 5.39. The molecule has 0 aromatic carbocycles. The summed E-state index contributed by atoms with van der Waals surface area (Å²) in [6.07, 6.45) is 6.17. The average molecular weight is 223 g/mol. The lowest BCUT2D eigenvalue weighted by molar-refractivity contribution is 0.480. The van der Waals surface area contributed by atoms with E-state index in [2.05, 4.69) is 22.4 Å². The molecule has 1 saturated carbocycles. The Morgan fingerprint density at radius 2 is 2.25 bits per heavy atom. The van der Waals surface area contributed by atoms with Crippen LogP contribution in [0.4, 0.5) is 6.01 Å². The third-order valence-electron chi connectivity index (χ3n) is 3.40. The fourth-order valence-electron chi connectivity index (χ4n) is 2.44. The van der Waals surface area contributed by atoms with E-state index in [9.17, 15) is 0 Å². The number of hydrogen-bond acceptors (Lipinski definition) is 4. The van der Waals surface area contributed by atoms with Gasteiger partial charge in [0.15, 0.2) is 0 Å². The van der Waals surface area contributed by atoms with Crippen LogP contribution in [0, 0.1) is 11.8 Å². The van der Waals surface area contributed by atoms with Crippen molar-refractivity contribution in [3.05, 3.63) is 5.89 Å². The van der Waals surface area contributed by atoms with E-state index in [1.165, 1.54) is 25.7 Å². The first kappa shape index (κ1) is 11.4. The van der Waals surface area contributed by atoms with Gasteiger partial charge in [-0.15, -0.1) is 5.10 Å². The van der Waals surface area contributed by atoms with E-state index in [4.69, 9.17) is 4.42 Å². The molecule has 2 atom stereocenters. The first-order valence-electron chi connectivity index (χ1n) is 6.34. The lowest BCUT2D eigenvalue weighted by Crippen LogP contribution is -2.07. The minimum Gasteiger partial charge on any atom is -0.408 e. The number of hydrogen-bond donors (Lipinski definition) is 1. The van der Waals surface area contributed by atoms with Crippen molar-refractivity contribution in [1.82, 2.24) is 10.2 Å². The molecule has 0 radical (unpaired) electrons. The summed E-state index contributed by atoms with van der Waals surface area (Å²) in [6.45, 7) is 5.30. The van der Waals surface area contributed by atoms with Crippen molar-refractivity contribution in [3.63, 3.8) is 0 Å². The SMILES string of the molecule is CCc1nnc(NCCC2CCC(C)C2)o1. The predicted molar refractivity (Wildman–Crippen MR) is 63.3 cm³/mol. The Balaban J connectivity index is 1.67. The Bertz CT molecular complexity index is 324. The summed E-state index contributed by atoms with van der Waals surface area (Å²) >= 11 is 0. The maximum atomic E-state index is 5.39. The number of aromatic nitrogens is 2. The van der Waals surface area contributed by atoms with E-state index in [1.807, 2.05) is 6.92 Å². The normalized spacial score (nSPS) is 24.9. The molecule has 4 heteroatoms. The number of anilines is 1. The lowest BCUT2D eigenvalue weighted by atomic mass is 10.0. The van der Waals surface area contributed by atoms with Gasteiger partial charge in [0, 0.05) is 13.0 Å². The maximum absolute atomic E-state index is 5.39. The topological polar surface area (TPSA) is 51.0 Å². The van der Waals surface area contributed by atoms with E-state index in [-0.39, 0.29) is 0 Å². The monoisotopic (exact) mass is 223 g/mol. The van der Waals surface area contributed by atoms with Gasteiger partial charge in [0.25, 0.3) is 0 Å². The maximum Gasteiger partial charge on any atom is 0.315 e. The summed E-state index contributed by atoms with van der Waals surface area (Å²) in [6, 6.07) is 0.572. The Labute approximate surface area is 96.8 Å². The Hall–Kier alpha value is -1.06. The van der Waals surface area contributed by atoms with Crippen molar-refractivity contribution in [2.45, 2.75) is 46.0 Å². The second kappa shape index (κ2) is 5.32. The molecule has 0 aliphatic heterocycles. The van der Waals surface area contributed by atoms with Gasteiger partial charge in [-0.05, 0) is 24.7 Å². The van der Waals surface area contributed by atoms with Crippen LogP contribution in [0.5, 0.6) is 0 Å². The van der Waals surface area contributed by atoms with Crippen LogP contribution in [0.2, 0.25) is 0 Å². The van der Waals surface area contributed by atoms with E-state index in [0.29, 0.717) is 11.9 Å². The summed E-state index contributed by atoms with van der Waals surface area (Å²) in [5.41, 5.74) is 0. The van der Waals surface area contributed by atoms with Crippen LogP contribution in [0.3, 0.4) is 0 Å². The summed E-state index contributed by atoms with van der Waals surface area (Å²) in [5, 5.41) is 11.1. The molecule has 1 aromatic rings. The lowest BCUT2D eigenvalue weighted by Gasteiger charge is -2.08. The molecule has 2 rings (SSSR count). The van der Waals surface area contributed by atoms with Gasteiger partial charge in [-0.3, -0.25) is 0 Å². The second-order valence-corrected chi connectivity index (χ2v) is 4.85. The summed E-state index contributed by atoms with van der Waals surface area (Å²) in [7, 11) is 0. The quantitative estimate of drug-likeness (QED) is 0.834. The molecule has 1 aromatic heterocycles. The zero-order valence-corrected chi connectivity index (χ0v) is 10.2. The van der Waals surface area contributed by atoms with Crippen LogP contribution in [-0.4, -0.2) is 16.7 Å². The van der Waals surface area contributed by atoms with E-state index < -0.39 is 0 Å². The minimum atomic E-state index is 0.572. The van der Waals surface area contributed by atoms with Crippen molar-refractivity contribution in [1.29, 1.82) is 0 Å². The predicted octanol–water partition coefficient (Wildman–Crippen LogP) is 2.87. The molecule has 2 unspecified atom stereocenters. The van der Waals surface area contributed by atoms with Crippen LogP contribution >= 0.6 is 0 Å². The molecule has 1 heterocycles. The first-order chi connectivity index (χ1) is 7.78. The van der Waals surface area contributed by atoms with Gasteiger partial charge in [-0.1, -0.05) is 31.8 Å². The van der Waals surface area contributed by atoms with Crippen LogP contribution in [0.25, 0.3) is 0 Å². The third-order valence-corrected chi connectivity index (χ3v) is 3.40. The van der Waals surface area contributed by atoms with Crippen molar-refractivity contribution < 1.29 is 4.42 Å². The molecule has 1 fully saturated rings. The largest absolute Gasteiger partial charge is 0.408 e. The molecule has 16 heavy (non-hydrogen) atoms. The molecule has 0 bridgehead atoms. The summed E-state index contributed by atoms with van der Waals surface area (Å²) in [5.74, 6) is 2.51. The molecule has 0 amide bonds.